The maximum Gasteiger partial charge on any atom is 0.183 e. The van der Waals surface area contributed by atoms with Crippen LogP contribution in [0.5, 0.6) is 0 Å². The third-order valence-corrected chi connectivity index (χ3v) is 2.68. The van der Waals surface area contributed by atoms with Gasteiger partial charge >= 0.3 is 0 Å². The maximum absolute atomic E-state index is 10.3. The van der Waals surface area contributed by atoms with E-state index in [1.165, 1.54) is 32.1 Å². The van der Waals surface area contributed by atoms with Gasteiger partial charge in [0.15, 0.2) is 12.6 Å². The van der Waals surface area contributed by atoms with E-state index in [-0.39, 0.29) is 5.57 Å². The van der Waals surface area contributed by atoms with Crippen molar-refractivity contribution in [2.75, 3.05) is 6.61 Å². The van der Waals surface area contributed by atoms with Crippen LogP contribution in [0.2, 0.25) is 0 Å². The number of rotatable bonds is 5. The lowest BCUT2D eigenvalue weighted by atomic mass is 9.90. The van der Waals surface area contributed by atoms with Crippen LogP contribution in [0.1, 0.15) is 32.1 Å². The van der Waals surface area contributed by atoms with Crippen LogP contribution in [0.25, 0.3) is 0 Å². The maximum atomic E-state index is 10.3. The molecule has 14 heavy (non-hydrogen) atoms. The molecule has 3 nitrogen and oxygen atoms in total. The molecule has 0 aromatic carbocycles. The SMILES string of the molecule is C=C(C=O)C(O)OCC1CCCCC1. The Morgan fingerprint density at radius 3 is 2.71 bits per heavy atom. The van der Waals surface area contributed by atoms with Crippen molar-refractivity contribution in [3.8, 4) is 0 Å². The lowest BCUT2D eigenvalue weighted by Crippen LogP contribution is -2.21. The molecule has 1 fully saturated rings. The molecule has 0 heterocycles. The van der Waals surface area contributed by atoms with Gasteiger partial charge in [0.1, 0.15) is 0 Å². The number of aliphatic hydroxyl groups excluding tert-OH is 1. The number of carbonyl (C=O) groups is 1. The lowest BCUT2D eigenvalue weighted by Gasteiger charge is -2.22. The van der Waals surface area contributed by atoms with Gasteiger partial charge in [-0.1, -0.05) is 25.8 Å². The highest BCUT2D eigenvalue weighted by molar-refractivity contribution is 5.72. The molecule has 0 bridgehead atoms. The van der Waals surface area contributed by atoms with Gasteiger partial charge in [0.25, 0.3) is 0 Å². The van der Waals surface area contributed by atoms with Gasteiger partial charge in [-0.15, -0.1) is 0 Å². The van der Waals surface area contributed by atoms with E-state index in [9.17, 15) is 9.90 Å². The molecule has 0 amide bonds. The van der Waals surface area contributed by atoms with Gasteiger partial charge in [-0.2, -0.15) is 0 Å². The van der Waals surface area contributed by atoms with E-state index < -0.39 is 6.29 Å². The Morgan fingerprint density at radius 2 is 2.14 bits per heavy atom. The molecule has 80 valence electrons. The van der Waals surface area contributed by atoms with Gasteiger partial charge in [0, 0.05) is 5.57 Å². The third-order valence-electron chi connectivity index (χ3n) is 2.68. The van der Waals surface area contributed by atoms with Crippen molar-refractivity contribution >= 4 is 6.29 Å². The summed E-state index contributed by atoms with van der Waals surface area (Å²) in [6, 6.07) is 0. The van der Waals surface area contributed by atoms with Crippen LogP contribution in [0.4, 0.5) is 0 Å². The number of aliphatic hydroxyl groups is 1. The zero-order valence-corrected chi connectivity index (χ0v) is 8.45. The molecule has 0 aromatic heterocycles. The molecule has 1 aliphatic rings. The summed E-state index contributed by atoms with van der Waals surface area (Å²) in [5.74, 6) is 0.540. The number of carbonyl (C=O) groups excluding carboxylic acids is 1. The number of ether oxygens (including phenoxy) is 1. The molecule has 1 rings (SSSR count). The molecule has 0 radical (unpaired) electrons. The first-order valence-corrected chi connectivity index (χ1v) is 5.17. The molecule has 1 N–H and O–H groups in total. The predicted molar refractivity (Wildman–Crippen MR) is 53.7 cm³/mol. The molecule has 1 unspecified atom stereocenters. The van der Waals surface area contributed by atoms with Gasteiger partial charge in [-0.05, 0) is 18.8 Å². The zero-order valence-electron chi connectivity index (χ0n) is 8.45. The minimum Gasteiger partial charge on any atom is -0.364 e. The van der Waals surface area contributed by atoms with Gasteiger partial charge < -0.3 is 9.84 Å². The van der Waals surface area contributed by atoms with Gasteiger partial charge in [0.2, 0.25) is 0 Å². The van der Waals surface area contributed by atoms with Crippen LogP contribution in [-0.2, 0) is 9.53 Å². The monoisotopic (exact) mass is 198 g/mol. The summed E-state index contributed by atoms with van der Waals surface area (Å²) in [4.78, 5) is 10.3. The first-order chi connectivity index (χ1) is 6.74. The Hall–Kier alpha value is -0.670. The summed E-state index contributed by atoms with van der Waals surface area (Å²) in [6.07, 6.45) is 5.55. The minimum atomic E-state index is -1.12. The Morgan fingerprint density at radius 1 is 1.50 bits per heavy atom. The Balaban J connectivity index is 2.18. The summed E-state index contributed by atoms with van der Waals surface area (Å²) in [6.45, 7) is 3.93. The van der Waals surface area contributed by atoms with E-state index in [1.54, 1.807) is 0 Å². The minimum absolute atomic E-state index is 0.0980. The fourth-order valence-electron chi connectivity index (χ4n) is 1.75. The molecule has 1 aliphatic carbocycles. The van der Waals surface area contributed by atoms with Crippen molar-refractivity contribution in [2.24, 2.45) is 5.92 Å². The fourth-order valence-corrected chi connectivity index (χ4v) is 1.75. The van der Waals surface area contributed by atoms with Crippen molar-refractivity contribution in [3.63, 3.8) is 0 Å². The molecule has 0 spiro atoms. The van der Waals surface area contributed by atoms with Crippen molar-refractivity contribution in [3.05, 3.63) is 12.2 Å². The topological polar surface area (TPSA) is 46.5 Å². The Labute approximate surface area is 84.8 Å². The van der Waals surface area contributed by atoms with E-state index in [0.29, 0.717) is 18.8 Å². The van der Waals surface area contributed by atoms with Gasteiger partial charge in [-0.25, -0.2) is 0 Å². The van der Waals surface area contributed by atoms with Crippen molar-refractivity contribution in [2.45, 2.75) is 38.4 Å². The molecular formula is C11H18O3. The standard InChI is InChI=1S/C11H18O3/c1-9(7-12)11(13)14-8-10-5-3-2-4-6-10/h7,10-11,13H,1-6,8H2. The fraction of sp³-hybridized carbons (Fsp3) is 0.727. The van der Waals surface area contributed by atoms with Crippen molar-refractivity contribution in [1.29, 1.82) is 0 Å². The smallest absolute Gasteiger partial charge is 0.183 e. The second-order valence-corrected chi connectivity index (χ2v) is 3.88. The number of hydrogen-bond donors (Lipinski definition) is 1. The zero-order chi connectivity index (χ0) is 10.4. The molecular weight excluding hydrogens is 180 g/mol. The van der Waals surface area contributed by atoms with E-state index in [4.69, 9.17) is 4.74 Å². The van der Waals surface area contributed by atoms with E-state index in [1.807, 2.05) is 0 Å². The van der Waals surface area contributed by atoms with E-state index in [0.717, 1.165) is 0 Å². The quantitative estimate of drug-likeness (QED) is 0.415. The highest BCUT2D eigenvalue weighted by atomic mass is 16.6. The largest absolute Gasteiger partial charge is 0.364 e. The van der Waals surface area contributed by atoms with E-state index >= 15 is 0 Å². The van der Waals surface area contributed by atoms with Crippen LogP contribution >= 0.6 is 0 Å². The first kappa shape index (κ1) is 11.4. The Kier molecular flexibility index (Phi) is 4.84. The first-order valence-electron chi connectivity index (χ1n) is 5.17. The highest BCUT2D eigenvalue weighted by Gasteiger charge is 2.16. The van der Waals surface area contributed by atoms with Crippen molar-refractivity contribution < 1.29 is 14.6 Å². The second-order valence-electron chi connectivity index (χ2n) is 3.88. The van der Waals surface area contributed by atoms with Crippen LogP contribution in [0, 0.1) is 5.92 Å². The average molecular weight is 198 g/mol. The summed E-state index contributed by atoms with van der Waals surface area (Å²) in [7, 11) is 0. The summed E-state index contributed by atoms with van der Waals surface area (Å²) >= 11 is 0. The average Bonchev–Trinajstić information content (AvgIpc) is 2.26. The summed E-state index contributed by atoms with van der Waals surface area (Å²) in [5, 5.41) is 9.30. The van der Waals surface area contributed by atoms with Crippen LogP contribution in [0.3, 0.4) is 0 Å². The van der Waals surface area contributed by atoms with Crippen LogP contribution in [0.15, 0.2) is 12.2 Å². The lowest BCUT2D eigenvalue weighted by molar-refractivity contribution is -0.114. The normalized spacial score (nSPS) is 20.4. The predicted octanol–water partition coefficient (Wildman–Crippen LogP) is 1.66. The Bertz CT molecular complexity index is 195. The van der Waals surface area contributed by atoms with Crippen LogP contribution in [-0.4, -0.2) is 24.3 Å². The number of aldehydes is 1. The molecule has 0 saturated heterocycles. The van der Waals surface area contributed by atoms with Gasteiger partial charge in [0.05, 0.1) is 6.61 Å². The molecule has 0 aliphatic heterocycles. The van der Waals surface area contributed by atoms with Crippen molar-refractivity contribution in [1.82, 2.24) is 0 Å². The molecule has 0 aromatic rings. The summed E-state index contributed by atoms with van der Waals surface area (Å²) < 4.78 is 5.16. The molecule has 1 atom stereocenters. The molecule has 3 heteroatoms. The van der Waals surface area contributed by atoms with Gasteiger partial charge in [-0.3, -0.25) is 4.79 Å². The van der Waals surface area contributed by atoms with E-state index in [2.05, 4.69) is 6.58 Å². The highest BCUT2D eigenvalue weighted by Crippen LogP contribution is 2.24. The molecule has 1 saturated carbocycles. The van der Waals surface area contributed by atoms with Crippen LogP contribution < -0.4 is 0 Å². The second kappa shape index (κ2) is 5.94. The third kappa shape index (κ3) is 3.60. The summed E-state index contributed by atoms with van der Waals surface area (Å²) in [5.41, 5.74) is 0.0980. The number of hydrogen-bond acceptors (Lipinski definition) is 3.